The highest BCUT2D eigenvalue weighted by Crippen LogP contribution is 2.33. The molecule has 0 radical (unpaired) electrons. The largest absolute Gasteiger partial charge is 0.354 e. The molecule has 3 N–H and O–H groups in total. The van der Waals surface area contributed by atoms with Crippen LogP contribution in [0, 0.1) is 5.92 Å². The zero-order valence-corrected chi connectivity index (χ0v) is 14.9. The second kappa shape index (κ2) is 9.19. The van der Waals surface area contributed by atoms with Crippen LogP contribution in [-0.2, 0) is 4.79 Å². The number of carbonyl (C=O) groups excluding carboxylic acids is 1. The van der Waals surface area contributed by atoms with Crippen LogP contribution in [0.25, 0.3) is 0 Å². The van der Waals surface area contributed by atoms with E-state index in [2.05, 4.69) is 24.3 Å². The van der Waals surface area contributed by atoms with Gasteiger partial charge in [-0.3, -0.25) is 4.79 Å². The first-order chi connectivity index (χ1) is 9.03. The third-order valence-electron chi connectivity index (χ3n) is 5.26. The molecule has 0 aromatic heterocycles. The number of carbonyl (C=O) groups is 1. The molecule has 4 nitrogen and oxygen atoms in total. The quantitative estimate of drug-likeness (QED) is 0.808. The molecule has 6 heteroatoms. The van der Waals surface area contributed by atoms with Crippen LogP contribution in [0.3, 0.4) is 0 Å². The molecule has 0 aromatic rings. The molecule has 0 bridgehead atoms. The fraction of sp³-hybridized carbons (Fsp3) is 0.933. The Morgan fingerprint density at radius 3 is 2.29 bits per heavy atom. The van der Waals surface area contributed by atoms with Crippen molar-refractivity contribution < 1.29 is 4.79 Å². The van der Waals surface area contributed by atoms with Gasteiger partial charge in [-0.2, -0.15) is 0 Å². The lowest BCUT2D eigenvalue weighted by molar-refractivity contribution is -0.122. The van der Waals surface area contributed by atoms with Crippen LogP contribution in [-0.4, -0.2) is 43.0 Å². The van der Waals surface area contributed by atoms with Crippen molar-refractivity contribution in [2.24, 2.45) is 11.7 Å². The number of halogens is 2. The van der Waals surface area contributed by atoms with Crippen LogP contribution in [0.15, 0.2) is 0 Å². The summed E-state index contributed by atoms with van der Waals surface area (Å²) in [6.07, 6.45) is 8.95. The first-order valence-electron chi connectivity index (χ1n) is 7.73. The summed E-state index contributed by atoms with van der Waals surface area (Å²) < 4.78 is 0. The summed E-state index contributed by atoms with van der Waals surface area (Å²) in [5.74, 6) is 0.592. The van der Waals surface area contributed by atoms with Crippen LogP contribution < -0.4 is 11.1 Å². The van der Waals surface area contributed by atoms with Gasteiger partial charge in [0.05, 0.1) is 0 Å². The van der Waals surface area contributed by atoms with Crippen molar-refractivity contribution in [2.75, 3.05) is 20.6 Å². The van der Waals surface area contributed by atoms with E-state index in [1.54, 1.807) is 0 Å². The molecule has 2 aliphatic rings. The Hall–Kier alpha value is -0.0300. The summed E-state index contributed by atoms with van der Waals surface area (Å²) in [4.78, 5) is 14.4. The van der Waals surface area contributed by atoms with Crippen LogP contribution in [0.1, 0.15) is 51.4 Å². The molecule has 0 unspecified atom stereocenters. The van der Waals surface area contributed by atoms with E-state index in [1.807, 2.05) is 0 Å². The zero-order valence-electron chi connectivity index (χ0n) is 13.3. The lowest BCUT2D eigenvalue weighted by atomic mass is 9.95. The molecular formula is C15H31Cl2N3O. The Bertz CT molecular complexity index is 320. The predicted molar refractivity (Wildman–Crippen MR) is 92.3 cm³/mol. The van der Waals surface area contributed by atoms with Gasteiger partial charge in [0.2, 0.25) is 5.91 Å². The lowest BCUT2D eigenvalue weighted by Crippen LogP contribution is -2.51. The van der Waals surface area contributed by atoms with Gasteiger partial charge in [-0.05, 0) is 45.7 Å². The van der Waals surface area contributed by atoms with Gasteiger partial charge in [-0.15, -0.1) is 24.8 Å². The van der Waals surface area contributed by atoms with E-state index in [-0.39, 0.29) is 42.3 Å². The van der Waals surface area contributed by atoms with E-state index < -0.39 is 0 Å². The van der Waals surface area contributed by atoms with Crippen LogP contribution in [0.2, 0.25) is 0 Å². The Labute approximate surface area is 141 Å². The smallest absolute Gasteiger partial charge is 0.220 e. The standard InChI is InChI=1S/C15H29N3O.2ClH/c1-18(2)15(8-3-4-9-15)11-17-14(19)10-12-6-5-7-13(12)16;;/h12-13H,3-11,16H2,1-2H3,(H,17,19);2*1H/t12-,13+;;/m0../s1. The van der Waals surface area contributed by atoms with Crippen LogP contribution in [0.4, 0.5) is 0 Å². The monoisotopic (exact) mass is 339 g/mol. The van der Waals surface area contributed by atoms with E-state index in [1.165, 1.54) is 32.1 Å². The van der Waals surface area contributed by atoms with Crippen molar-refractivity contribution in [2.45, 2.75) is 62.9 Å². The van der Waals surface area contributed by atoms with Gasteiger partial charge in [0.1, 0.15) is 0 Å². The van der Waals surface area contributed by atoms with E-state index in [4.69, 9.17) is 5.73 Å². The molecule has 1 amide bonds. The molecule has 2 atom stereocenters. The van der Waals surface area contributed by atoms with Crippen LogP contribution >= 0.6 is 24.8 Å². The Morgan fingerprint density at radius 2 is 1.81 bits per heavy atom. The Kier molecular flexibility index (Phi) is 9.17. The Balaban J connectivity index is 0.00000200. The van der Waals surface area contributed by atoms with E-state index >= 15 is 0 Å². The molecule has 0 spiro atoms. The summed E-state index contributed by atoms with van der Waals surface area (Å²) in [7, 11) is 4.26. The highest BCUT2D eigenvalue weighted by Gasteiger charge is 2.36. The number of nitrogens with zero attached hydrogens (tertiary/aromatic N) is 1. The van der Waals surface area contributed by atoms with Crippen LogP contribution in [0.5, 0.6) is 0 Å². The highest BCUT2D eigenvalue weighted by atomic mass is 35.5. The predicted octanol–water partition coefficient (Wildman–Crippen LogP) is 2.34. The molecule has 0 aromatic carbocycles. The van der Waals surface area contributed by atoms with Crippen molar-refractivity contribution in [1.29, 1.82) is 0 Å². The SMILES string of the molecule is CN(C)C1(CNC(=O)C[C@@H]2CCC[C@H]2N)CCCC1.Cl.Cl. The first kappa shape index (κ1) is 21.0. The van der Waals surface area contributed by atoms with E-state index in [9.17, 15) is 4.79 Å². The maximum atomic E-state index is 12.1. The number of likely N-dealkylation sites (N-methyl/N-ethyl adjacent to an activating group) is 1. The number of nitrogens with one attached hydrogen (secondary N) is 1. The van der Waals surface area contributed by atoms with Crippen molar-refractivity contribution in [1.82, 2.24) is 10.2 Å². The normalized spacial score (nSPS) is 27.0. The molecule has 2 fully saturated rings. The van der Waals surface area contributed by atoms with Gasteiger partial charge in [0.15, 0.2) is 0 Å². The molecule has 0 aliphatic heterocycles. The minimum absolute atomic E-state index is 0. The Morgan fingerprint density at radius 1 is 1.19 bits per heavy atom. The number of hydrogen-bond acceptors (Lipinski definition) is 3. The third kappa shape index (κ3) is 5.27. The second-order valence-electron chi connectivity index (χ2n) is 6.66. The first-order valence-corrected chi connectivity index (χ1v) is 7.73. The number of hydrogen-bond donors (Lipinski definition) is 2. The fourth-order valence-electron chi connectivity index (χ4n) is 3.71. The number of amides is 1. The lowest BCUT2D eigenvalue weighted by Gasteiger charge is -2.36. The molecule has 2 aliphatic carbocycles. The summed E-state index contributed by atoms with van der Waals surface area (Å²) >= 11 is 0. The zero-order chi connectivity index (χ0) is 13.9. The molecule has 0 heterocycles. The summed E-state index contributed by atoms with van der Waals surface area (Å²) in [6.45, 7) is 0.792. The van der Waals surface area contributed by atoms with Gasteiger partial charge in [-0.25, -0.2) is 0 Å². The average Bonchev–Trinajstić information content (AvgIpc) is 2.98. The summed E-state index contributed by atoms with van der Waals surface area (Å²) in [6, 6.07) is 0.236. The maximum Gasteiger partial charge on any atom is 0.220 e. The summed E-state index contributed by atoms with van der Waals surface area (Å²) in [5, 5.41) is 3.16. The second-order valence-corrected chi connectivity index (χ2v) is 6.66. The van der Waals surface area contributed by atoms with Crippen molar-refractivity contribution in [3.8, 4) is 0 Å². The molecule has 21 heavy (non-hydrogen) atoms. The molecule has 0 saturated heterocycles. The number of rotatable bonds is 5. The average molecular weight is 340 g/mol. The summed E-state index contributed by atoms with van der Waals surface area (Å²) in [5.41, 5.74) is 6.22. The highest BCUT2D eigenvalue weighted by molar-refractivity contribution is 5.85. The van der Waals surface area contributed by atoms with Crippen molar-refractivity contribution in [3.63, 3.8) is 0 Å². The van der Waals surface area contributed by atoms with Crippen molar-refractivity contribution >= 4 is 30.7 Å². The molecule has 126 valence electrons. The van der Waals surface area contributed by atoms with Gasteiger partial charge in [0.25, 0.3) is 0 Å². The van der Waals surface area contributed by atoms with Gasteiger partial charge >= 0.3 is 0 Å². The van der Waals surface area contributed by atoms with Gasteiger partial charge in [0, 0.05) is 24.5 Å². The minimum atomic E-state index is 0. The fourth-order valence-corrected chi connectivity index (χ4v) is 3.71. The van der Waals surface area contributed by atoms with Gasteiger partial charge < -0.3 is 16.0 Å². The molecular weight excluding hydrogens is 309 g/mol. The topological polar surface area (TPSA) is 58.4 Å². The number of nitrogens with two attached hydrogens (primary N) is 1. The maximum absolute atomic E-state index is 12.1. The molecule has 2 saturated carbocycles. The van der Waals surface area contributed by atoms with Gasteiger partial charge in [-0.1, -0.05) is 19.3 Å². The van der Waals surface area contributed by atoms with E-state index in [0.29, 0.717) is 12.3 Å². The van der Waals surface area contributed by atoms with E-state index in [0.717, 1.165) is 19.4 Å². The third-order valence-corrected chi connectivity index (χ3v) is 5.26. The molecule has 2 rings (SSSR count). The minimum Gasteiger partial charge on any atom is -0.354 e. The van der Waals surface area contributed by atoms with Crippen molar-refractivity contribution in [3.05, 3.63) is 0 Å².